The lowest BCUT2D eigenvalue weighted by molar-refractivity contribution is -0.688. The fraction of sp³-hybridized carbons (Fsp3) is 0.250. The summed E-state index contributed by atoms with van der Waals surface area (Å²) in [6, 6.07) is 11.7. The zero-order chi connectivity index (χ0) is 13.7. The van der Waals surface area contributed by atoms with Crippen molar-refractivity contribution >= 4 is 5.97 Å². The van der Waals surface area contributed by atoms with Crippen LogP contribution >= 0.6 is 0 Å². The van der Waals surface area contributed by atoms with Crippen LogP contribution in [0.15, 0.2) is 48.8 Å². The van der Waals surface area contributed by atoms with E-state index in [2.05, 4.69) is 36.0 Å². The van der Waals surface area contributed by atoms with Gasteiger partial charge in [0.25, 0.3) is 0 Å². The van der Waals surface area contributed by atoms with Crippen LogP contribution in [0.1, 0.15) is 28.4 Å². The SMILES string of the molecule is CCc1cc[n+](Cc2cccc(C(=O)OC)c2)cc1. The van der Waals surface area contributed by atoms with Gasteiger partial charge in [-0.1, -0.05) is 19.1 Å². The maximum atomic E-state index is 11.5. The van der Waals surface area contributed by atoms with Crippen molar-refractivity contribution < 1.29 is 14.1 Å². The van der Waals surface area contributed by atoms with E-state index in [1.807, 2.05) is 18.2 Å². The summed E-state index contributed by atoms with van der Waals surface area (Å²) >= 11 is 0. The number of carbonyl (C=O) groups is 1. The number of aryl methyl sites for hydroxylation is 1. The molecule has 0 radical (unpaired) electrons. The zero-order valence-electron chi connectivity index (χ0n) is 11.3. The van der Waals surface area contributed by atoms with Crippen molar-refractivity contribution in [1.82, 2.24) is 0 Å². The number of ether oxygens (including phenoxy) is 1. The molecule has 0 saturated heterocycles. The van der Waals surface area contributed by atoms with E-state index in [1.165, 1.54) is 12.7 Å². The van der Waals surface area contributed by atoms with Gasteiger partial charge < -0.3 is 4.74 Å². The Balaban J connectivity index is 2.16. The zero-order valence-corrected chi connectivity index (χ0v) is 11.3. The second-order valence-corrected chi connectivity index (χ2v) is 4.42. The Morgan fingerprint density at radius 2 is 1.89 bits per heavy atom. The van der Waals surface area contributed by atoms with Gasteiger partial charge in [0.1, 0.15) is 0 Å². The van der Waals surface area contributed by atoms with E-state index in [9.17, 15) is 4.79 Å². The normalized spacial score (nSPS) is 10.2. The number of hydrogen-bond acceptors (Lipinski definition) is 2. The highest BCUT2D eigenvalue weighted by Crippen LogP contribution is 2.06. The van der Waals surface area contributed by atoms with Crippen molar-refractivity contribution in [2.75, 3.05) is 7.11 Å². The average Bonchev–Trinajstić information content (AvgIpc) is 2.47. The van der Waals surface area contributed by atoms with E-state index >= 15 is 0 Å². The lowest BCUT2D eigenvalue weighted by Gasteiger charge is -2.02. The van der Waals surface area contributed by atoms with E-state index in [4.69, 9.17) is 4.74 Å². The smallest absolute Gasteiger partial charge is 0.337 e. The Hall–Kier alpha value is -2.16. The van der Waals surface area contributed by atoms with E-state index in [-0.39, 0.29) is 5.97 Å². The Morgan fingerprint density at radius 3 is 2.53 bits per heavy atom. The number of carbonyl (C=O) groups excluding carboxylic acids is 1. The van der Waals surface area contributed by atoms with Gasteiger partial charge in [0.15, 0.2) is 18.9 Å². The molecule has 0 bridgehead atoms. The predicted molar refractivity (Wildman–Crippen MR) is 72.9 cm³/mol. The van der Waals surface area contributed by atoms with Crippen LogP contribution in [0.5, 0.6) is 0 Å². The lowest BCUT2D eigenvalue weighted by Crippen LogP contribution is -2.33. The molecule has 0 saturated carbocycles. The number of aromatic nitrogens is 1. The molecule has 0 fully saturated rings. The topological polar surface area (TPSA) is 30.2 Å². The second kappa shape index (κ2) is 6.14. The van der Waals surface area contributed by atoms with Gasteiger partial charge in [-0.15, -0.1) is 0 Å². The van der Waals surface area contributed by atoms with Gasteiger partial charge in [-0.3, -0.25) is 0 Å². The van der Waals surface area contributed by atoms with Gasteiger partial charge in [-0.05, 0) is 24.1 Å². The Bertz CT molecular complexity index is 561. The first kappa shape index (κ1) is 13.3. The fourth-order valence-electron chi connectivity index (χ4n) is 1.95. The van der Waals surface area contributed by atoms with Gasteiger partial charge in [-0.2, -0.15) is 0 Å². The summed E-state index contributed by atoms with van der Waals surface area (Å²) < 4.78 is 6.82. The Morgan fingerprint density at radius 1 is 1.16 bits per heavy atom. The molecule has 98 valence electrons. The summed E-state index contributed by atoms with van der Waals surface area (Å²) in [5.41, 5.74) is 2.99. The third-order valence-corrected chi connectivity index (χ3v) is 3.08. The van der Waals surface area contributed by atoms with E-state index < -0.39 is 0 Å². The molecule has 0 N–H and O–H groups in total. The fourth-order valence-corrected chi connectivity index (χ4v) is 1.95. The molecule has 2 aromatic rings. The molecule has 0 aliphatic rings. The van der Waals surface area contributed by atoms with Gasteiger partial charge >= 0.3 is 5.97 Å². The van der Waals surface area contributed by atoms with Crippen LogP contribution in [0, 0.1) is 0 Å². The standard InChI is InChI=1S/C16H18NO2/c1-3-13-7-9-17(10-8-13)12-14-5-4-6-15(11-14)16(18)19-2/h4-11H,3,12H2,1-2H3/q+1. The third-order valence-electron chi connectivity index (χ3n) is 3.08. The minimum atomic E-state index is -0.298. The summed E-state index contributed by atoms with van der Waals surface area (Å²) in [6.07, 6.45) is 5.16. The molecule has 0 aliphatic heterocycles. The average molecular weight is 256 g/mol. The first-order valence-corrected chi connectivity index (χ1v) is 6.38. The van der Waals surface area contributed by atoms with Crippen molar-refractivity contribution in [3.05, 3.63) is 65.5 Å². The number of benzene rings is 1. The highest BCUT2D eigenvalue weighted by atomic mass is 16.5. The highest BCUT2D eigenvalue weighted by molar-refractivity contribution is 5.89. The molecule has 0 amide bonds. The largest absolute Gasteiger partial charge is 0.465 e. The number of esters is 1. The van der Waals surface area contributed by atoms with Crippen LogP contribution in [-0.2, 0) is 17.7 Å². The minimum Gasteiger partial charge on any atom is -0.465 e. The van der Waals surface area contributed by atoms with Crippen molar-refractivity contribution in [3.8, 4) is 0 Å². The molecule has 0 atom stereocenters. The first-order chi connectivity index (χ1) is 9.22. The number of pyridine rings is 1. The molecular weight excluding hydrogens is 238 g/mol. The molecule has 3 heteroatoms. The molecule has 0 spiro atoms. The molecule has 3 nitrogen and oxygen atoms in total. The van der Waals surface area contributed by atoms with Crippen LogP contribution in [0.2, 0.25) is 0 Å². The maximum absolute atomic E-state index is 11.5. The molecular formula is C16H18NO2+. The summed E-state index contributed by atoms with van der Waals surface area (Å²) in [6.45, 7) is 2.88. The molecule has 0 unspecified atom stereocenters. The number of hydrogen-bond donors (Lipinski definition) is 0. The minimum absolute atomic E-state index is 0.298. The van der Waals surface area contributed by atoms with Crippen LogP contribution < -0.4 is 4.57 Å². The van der Waals surface area contributed by atoms with Gasteiger partial charge in [-0.25, -0.2) is 9.36 Å². The maximum Gasteiger partial charge on any atom is 0.337 e. The van der Waals surface area contributed by atoms with Crippen molar-refractivity contribution in [1.29, 1.82) is 0 Å². The Kier molecular flexibility index (Phi) is 4.29. The molecule has 0 aliphatic carbocycles. The molecule has 1 aromatic heterocycles. The number of methoxy groups -OCH3 is 1. The monoisotopic (exact) mass is 256 g/mol. The molecule has 1 heterocycles. The van der Waals surface area contributed by atoms with Crippen molar-refractivity contribution in [2.24, 2.45) is 0 Å². The lowest BCUT2D eigenvalue weighted by atomic mass is 10.1. The quantitative estimate of drug-likeness (QED) is 0.621. The number of nitrogens with zero attached hydrogens (tertiary/aromatic N) is 1. The van der Waals surface area contributed by atoms with Gasteiger partial charge in [0, 0.05) is 17.7 Å². The second-order valence-electron chi connectivity index (χ2n) is 4.42. The predicted octanol–water partition coefficient (Wildman–Crippen LogP) is 2.37. The van der Waals surface area contributed by atoms with Crippen LogP contribution in [-0.4, -0.2) is 13.1 Å². The van der Waals surface area contributed by atoms with Crippen LogP contribution in [0.4, 0.5) is 0 Å². The molecule has 1 aromatic carbocycles. The van der Waals surface area contributed by atoms with Crippen LogP contribution in [0.25, 0.3) is 0 Å². The van der Waals surface area contributed by atoms with E-state index in [1.54, 1.807) is 6.07 Å². The molecule has 2 rings (SSSR count). The van der Waals surface area contributed by atoms with Gasteiger partial charge in [0.05, 0.1) is 12.7 Å². The summed E-state index contributed by atoms with van der Waals surface area (Å²) in [5, 5.41) is 0. The van der Waals surface area contributed by atoms with Crippen molar-refractivity contribution in [3.63, 3.8) is 0 Å². The third kappa shape index (κ3) is 3.41. The van der Waals surface area contributed by atoms with Crippen LogP contribution in [0.3, 0.4) is 0 Å². The highest BCUT2D eigenvalue weighted by Gasteiger charge is 2.08. The summed E-state index contributed by atoms with van der Waals surface area (Å²) in [4.78, 5) is 11.5. The van der Waals surface area contributed by atoms with Gasteiger partial charge in [0.2, 0.25) is 0 Å². The van der Waals surface area contributed by atoms with Crippen molar-refractivity contribution in [2.45, 2.75) is 19.9 Å². The first-order valence-electron chi connectivity index (χ1n) is 6.38. The number of rotatable bonds is 4. The summed E-state index contributed by atoms with van der Waals surface area (Å²) in [5.74, 6) is -0.298. The Labute approximate surface area is 113 Å². The van der Waals surface area contributed by atoms with E-state index in [0.29, 0.717) is 5.56 Å². The summed E-state index contributed by atoms with van der Waals surface area (Å²) in [7, 11) is 1.40. The molecule has 19 heavy (non-hydrogen) atoms. The van der Waals surface area contributed by atoms with E-state index in [0.717, 1.165) is 18.5 Å².